The normalized spacial score (nSPS) is 12.4. The van der Waals surface area contributed by atoms with Gasteiger partial charge in [-0.2, -0.15) is 0 Å². The van der Waals surface area contributed by atoms with E-state index in [2.05, 4.69) is 52.2 Å². The molecule has 0 rings (SSSR count). The second kappa shape index (κ2) is 9.04. The van der Waals surface area contributed by atoms with Gasteiger partial charge in [0.1, 0.15) is 0 Å². The molecule has 0 heterocycles. The zero-order valence-electron chi connectivity index (χ0n) is 12.1. The molecule has 0 heteroatoms. The smallest absolute Gasteiger partial charge is 0.0224 e. The fourth-order valence-corrected chi connectivity index (χ4v) is 1.55. The predicted octanol–water partition coefficient (Wildman–Crippen LogP) is 5.84. The lowest BCUT2D eigenvalue weighted by atomic mass is 9.96. The quantitative estimate of drug-likeness (QED) is 0.364. The molecule has 17 heavy (non-hydrogen) atoms. The van der Waals surface area contributed by atoms with Crippen molar-refractivity contribution in [2.24, 2.45) is 5.92 Å². The van der Waals surface area contributed by atoms with Gasteiger partial charge in [0.15, 0.2) is 0 Å². The molecule has 0 aromatic carbocycles. The number of unbranched alkanes of at least 4 members (excludes halogenated alkanes) is 2. The van der Waals surface area contributed by atoms with Crippen LogP contribution in [0.1, 0.15) is 53.4 Å². The van der Waals surface area contributed by atoms with E-state index in [0.29, 0.717) is 5.92 Å². The van der Waals surface area contributed by atoms with Gasteiger partial charge in [-0.05, 0) is 36.8 Å². The fraction of sp³-hybridized carbons (Fsp3) is 0.529. The topological polar surface area (TPSA) is 0 Å². The van der Waals surface area contributed by atoms with Gasteiger partial charge in [-0.15, -0.1) is 0 Å². The molecule has 0 aromatic heterocycles. The van der Waals surface area contributed by atoms with Crippen molar-refractivity contribution < 1.29 is 0 Å². The second-order valence-electron chi connectivity index (χ2n) is 4.89. The summed E-state index contributed by atoms with van der Waals surface area (Å²) in [7, 11) is 0. The van der Waals surface area contributed by atoms with Gasteiger partial charge in [-0.25, -0.2) is 0 Å². The lowest BCUT2D eigenvalue weighted by molar-refractivity contribution is 0.717. The van der Waals surface area contributed by atoms with Crippen LogP contribution in [0, 0.1) is 5.92 Å². The minimum atomic E-state index is 0.499. The second-order valence-corrected chi connectivity index (χ2v) is 4.89. The zero-order valence-corrected chi connectivity index (χ0v) is 12.1. The molecular formula is C17H28. The molecule has 96 valence electrons. The summed E-state index contributed by atoms with van der Waals surface area (Å²) in [5.74, 6) is 0.499. The van der Waals surface area contributed by atoms with E-state index in [1.807, 2.05) is 6.92 Å². The highest BCUT2D eigenvalue weighted by atomic mass is 14.1. The Hall–Kier alpha value is -1.04. The summed E-state index contributed by atoms with van der Waals surface area (Å²) in [6.45, 7) is 16.9. The highest BCUT2D eigenvalue weighted by molar-refractivity contribution is 5.42. The largest absolute Gasteiger partial charge is 0.0955 e. The first-order chi connectivity index (χ1) is 8.02. The predicted molar refractivity (Wildman–Crippen MR) is 80.2 cm³/mol. The molecular weight excluding hydrogens is 204 g/mol. The van der Waals surface area contributed by atoms with Crippen LogP contribution in [0.4, 0.5) is 0 Å². The van der Waals surface area contributed by atoms with Crippen molar-refractivity contribution in [3.63, 3.8) is 0 Å². The average molecular weight is 232 g/mol. The Kier molecular flexibility index (Phi) is 8.49. The van der Waals surface area contributed by atoms with Crippen LogP contribution in [0.2, 0.25) is 0 Å². The Morgan fingerprint density at radius 2 is 1.82 bits per heavy atom. The van der Waals surface area contributed by atoms with E-state index < -0.39 is 0 Å². The van der Waals surface area contributed by atoms with Crippen molar-refractivity contribution in [1.29, 1.82) is 0 Å². The maximum atomic E-state index is 4.20. The van der Waals surface area contributed by atoms with Crippen molar-refractivity contribution in [2.45, 2.75) is 53.4 Å². The molecule has 0 aliphatic rings. The first kappa shape index (κ1) is 16.0. The zero-order chi connectivity index (χ0) is 13.3. The highest BCUT2D eigenvalue weighted by Gasteiger charge is 2.02. The molecule has 0 nitrogen and oxygen atoms in total. The molecule has 0 aliphatic heterocycles. The van der Waals surface area contributed by atoms with Crippen molar-refractivity contribution in [1.82, 2.24) is 0 Å². The molecule has 0 saturated heterocycles. The Labute approximate surface area is 108 Å². The van der Waals surface area contributed by atoms with Crippen molar-refractivity contribution in [3.8, 4) is 0 Å². The summed E-state index contributed by atoms with van der Waals surface area (Å²) >= 11 is 0. The van der Waals surface area contributed by atoms with Crippen LogP contribution < -0.4 is 0 Å². The van der Waals surface area contributed by atoms with E-state index in [9.17, 15) is 0 Å². The Morgan fingerprint density at radius 1 is 1.18 bits per heavy atom. The summed E-state index contributed by atoms with van der Waals surface area (Å²) in [4.78, 5) is 0. The van der Waals surface area contributed by atoms with E-state index in [-0.39, 0.29) is 0 Å². The average Bonchev–Trinajstić information content (AvgIpc) is 2.28. The van der Waals surface area contributed by atoms with Gasteiger partial charge in [-0.3, -0.25) is 0 Å². The van der Waals surface area contributed by atoms with Gasteiger partial charge in [0.05, 0.1) is 0 Å². The molecule has 0 amide bonds. The summed E-state index contributed by atoms with van der Waals surface area (Å²) in [6.07, 6.45) is 11.3. The molecule has 0 fully saturated rings. The Balaban J connectivity index is 4.62. The van der Waals surface area contributed by atoms with E-state index in [1.54, 1.807) is 0 Å². The summed E-state index contributed by atoms with van der Waals surface area (Å²) in [6, 6.07) is 0. The van der Waals surface area contributed by atoms with Gasteiger partial charge in [0, 0.05) is 0 Å². The van der Waals surface area contributed by atoms with Gasteiger partial charge >= 0.3 is 0 Å². The Bertz CT molecular complexity index is 300. The fourth-order valence-electron chi connectivity index (χ4n) is 1.55. The monoisotopic (exact) mass is 232 g/mol. The number of rotatable bonds is 8. The number of hydrogen-bond donors (Lipinski definition) is 0. The van der Waals surface area contributed by atoms with Gasteiger partial charge in [-0.1, -0.05) is 70.6 Å². The first-order valence-corrected chi connectivity index (χ1v) is 6.74. The molecule has 0 aliphatic carbocycles. The lowest BCUT2D eigenvalue weighted by Crippen LogP contribution is -1.92. The van der Waals surface area contributed by atoms with Crippen molar-refractivity contribution in [3.05, 3.63) is 48.1 Å². The molecule has 0 atom stereocenters. The minimum Gasteiger partial charge on any atom is -0.0955 e. The van der Waals surface area contributed by atoms with E-state index in [0.717, 1.165) is 6.42 Å². The van der Waals surface area contributed by atoms with Crippen LogP contribution in [0.15, 0.2) is 48.1 Å². The Morgan fingerprint density at radius 3 is 2.29 bits per heavy atom. The molecule has 0 bridgehead atoms. The van der Waals surface area contributed by atoms with E-state index in [1.165, 1.54) is 36.0 Å². The third-order valence-corrected chi connectivity index (χ3v) is 2.92. The first-order valence-electron chi connectivity index (χ1n) is 6.74. The van der Waals surface area contributed by atoms with Crippen molar-refractivity contribution in [2.75, 3.05) is 0 Å². The van der Waals surface area contributed by atoms with Crippen LogP contribution >= 0.6 is 0 Å². The molecule has 0 unspecified atom stereocenters. The van der Waals surface area contributed by atoms with Crippen LogP contribution in [0.5, 0.6) is 0 Å². The summed E-state index contributed by atoms with van der Waals surface area (Å²) in [5.41, 5.74) is 3.65. The van der Waals surface area contributed by atoms with Gasteiger partial charge < -0.3 is 0 Å². The van der Waals surface area contributed by atoms with Crippen LogP contribution in [0.3, 0.4) is 0 Å². The summed E-state index contributed by atoms with van der Waals surface area (Å²) < 4.78 is 0. The number of allylic oxidation sites excluding steroid dienone is 6. The lowest BCUT2D eigenvalue weighted by Gasteiger charge is -2.10. The minimum absolute atomic E-state index is 0.499. The van der Waals surface area contributed by atoms with Crippen LogP contribution in [0.25, 0.3) is 0 Å². The van der Waals surface area contributed by atoms with Crippen molar-refractivity contribution >= 4 is 0 Å². The molecule has 0 aromatic rings. The standard InChI is InChI=1S/C17H28/c1-7-9-10-12-15(5)17(11-8-2)13-16(6)14(3)4/h8,11,13-14H,5-7,9-10,12H2,1-4H3/b11-8-,17-13+. The SMILES string of the molecule is C=C(CCCCC)C(/C=C\C)=C/C(=C)C(C)C. The third-order valence-electron chi connectivity index (χ3n) is 2.92. The molecule has 0 radical (unpaired) electrons. The third kappa shape index (κ3) is 6.99. The van der Waals surface area contributed by atoms with E-state index in [4.69, 9.17) is 0 Å². The molecule has 0 spiro atoms. The van der Waals surface area contributed by atoms with E-state index >= 15 is 0 Å². The highest BCUT2D eigenvalue weighted by Crippen LogP contribution is 2.21. The number of hydrogen-bond acceptors (Lipinski definition) is 0. The maximum absolute atomic E-state index is 4.20. The van der Waals surface area contributed by atoms with Gasteiger partial charge in [0.2, 0.25) is 0 Å². The van der Waals surface area contributed by atoms with Crippen LogP contribution in [-0.4, -0.2) is 0 Å². The maximum Gasteiger partial charge on any atom is -0.0224 e. The molecule has 0 saturated carbocycles. The molecule has 0 N–H and O–H groups in total. The van der Waals surface area contributed by atoms with Gasteiger partial charge in [0.25, 0.3) is 0 Å². The van der Waals surface area contributed by atoms with Crippen LogP contribution in [-0.2, 0) is 0 Å². The summed E-state index contributed by atoms with van der Waals surface area (Å²) in [5, 5.41) is 0.